The Balaban J connectivity index is 1.37. The second-order valence-corrected chi connectivity index (χ2v) is 9.76. The average molecular weight is 491 g/mol. The van der Waals surface area contributed by atoms with Gasteiger partial charge >= 0.3 is 0 Å². The molecule has 190 valence electrons. The Hall–Kier alpha value is -3.52. The number of carbonyl (C=O) groups is 2. The van der Waals surface area contributed by atoms with Crippen molar-refractivity contribution in [3.63, 3.8) is 0 Å². The van der Waals surface area contributed by atoms with Crippen molar-refractivity contribution in [1.29, 1.82) is 0 Å². The standard InChI is InChI=1S/C28H34N4O4/c1-5-21-22-10-18(28(34)32-14-19-12-31(13-20(19)15-32)16-26(33)29-2)6-8-23(22)30-27(21)17-7-9-24(35-3)25(11-17)36-4/h6-11,19-20,30H,5,12-16H2,1-4H3,(H,29,33). The topological polar surface area (TPSA) is 86.9 Å². The maximum atomic E-state index is 13.5. The highest BCUT2D eigenvalue weighted by atomic mass is 16.5. The van der Waals surface area contributed by atoms with Gasteiger partial charge in [-0.1, -0.05) is 6.92 Å². The van der Waals surface area contributed by atoms with Crippen LogP contribution in [0.3, 0.4) is 0 Å². The zero-order valence-corrected chi connectivity index (χ0v) is 21.4. The molecule has 8 nitrogen and oxygen atoms in total. The van der Waals surface area contributed by atoms with Gasteiger partial charge in [-0.05, 0) is 60.2 Å². The summed E-state index contributed by atoms with van der Waals surface area (Å²) in [6, 6.07) is 11.9. The first kappa shape index (κ1) is 24.2. The maximum absolute atomic E-state index is 13.5. The van der Waals surface area contributed by atoms with Crippen LogP contribution in [0.4, 0.5) is 0 Å². The minimum Gasteiger partial charge on any atom is -0.493 e. The fraction of sp³-hybridized carbons (Fsp3) is 0.429. The predicted octanol–water partition coefficient (Wildman–Crippen LogP) is 3.16. The Morgan fingerprint density at radius 1 is 1.00 bits per heavy atom. The maximum Gasteiger partial charge on any atom is 0.253 e. The van der Waals surface area contributed by atoms with Crippen molar-refractivity contribution in [1.82, 2.24) is 20.1 Å². The number of likely N-dealkylation sites (N-methyl/N-ethyl adjacent to an activating group) is 1. The van der Waals surface area contributed by atoms with Gasteiger partial charge in [0.1, 0.15) is 0 Å². The van der Waals surface area contributed by atoms with Crippen molar-refractivity contribution in [2.45, 2.75) is 13.3 Å². The quantitative estimate of drug-likeness (QED) is 0.531. The molecule has 2 atom stereocenters. The van der Waals surface area contributed by atoms with Crippen LogP contribution in [0.15, 0.2) is 36.4 Å². The van der Waals surface area contributed by atoms with E-state index >= 15 is 0 Å². The zero-order chi connectivity index (χ0) is 25.4. The molecule has 2 aliphatic rings. The van der Waals surface area contributed by atoms with Crippen LogP contribution in [0.1, 0.15) is 22.8 Å². The van der Waals surface area contributed by atoms with Crippen LogP contribution in [0, 0.1) is 11.8 Å². The lowest BCUT2D eigenvalue weighted by Crippen LogP contribution is -2.37. The number of fused-ring (bicyclic) bond motifs is 2. The van der Waals surface area contributed by atoms with E-state index < -0.39 is 0 Å². The average Bonchev–Trinajstić information content (AvgIpc) is 3.58. The summed E-state index contributed by atoms with van der Waals surface area (Å²) in [4.78, 5) is 32.9. The minimum absolute atomic E-state index is 0.0434. The normalized spacial score (nSPS) is 19.5. The Kier molecular flexibility index (Phi) is 6.62. The summed E-state index contributed by atoms with van der Waals surface area (Å²) in [5.74, 6) is 2.35. The van der Waals surface area contributed by atoms with Gasteiger partial charge in [0.15, 0.2) is 11.5 Å². The molecule has 0 bridgehead atoms. The number of aromatic amines is 1. The lowest BCUT2D eigenvalue weighted by molar-refractivity contribution is -0.121. The Bertz CT molecular complexity index is 1290. The van der Waals surface area contributed by atoms with Gasteiger partial charge in [0.2, 0.25) is 5.91 Å². The van der Waals surface area contributed by atoms with Gasteiger partial charge in [0.05, 0.1) is 20.8 Å². The van der Waals surface area contributed by atoms with Crippen LogP contribution in [-0.4, -0.2) is 80.6 Å². The lowest BCUT2D eigenvalue weighted by atomic mass is 10.0. The molecular weight excluding hydrogens is 456 g/mol. The van der Waals surface area contributed by atoms with Crippen molar-refractivity contribution in [2.75, 3.05) is 54.0 Å². The van der Waals surface area contributed by atoms with E-state index in [-0.39, 0.29) is 11.8 Å². The first-order valence-corrected chi connectivity index (χ1v) is 12.5. The number of methoxy groups -OCH3 is 2. The van der Waals surface area contributed by atoms with E-state index in [1.54, 1.807) is 21.3 Å². The summed E-state index contributed by atoms with van der Waals surface area (Å²) in [5.41, 5.74) is 4.95. The van der Waals surface area contributed by atoms with Gasteiger partial charge in [0.25, 0.3) is 5.91 Å². The molecule has 3 heterocycles. The number of hydrogen-bond acceptors (Lipinski definition) is 5. The van der Waals surface area contributed by atoms with Crippen LogP contribution in [0.25, 0.3) is 22.2 Å². The van der Waals surface area contributed by atoms with Crippen molar-refractivity contribution >= 4 is 22.7 Å². The summed E-state index contributed by atoms with van der Waals surface area (Å²) in [6.45, 7) is 5.80. The van der Waals surface area contributed by atoms with Gasteiger partial charge in [-0.25, -0.2) is 0 Å². The zero-order valence-electron chi connectivity index (χ0n) is 21.4. The highest BCUT2D eigenvalue weighted by Crippen LogP contribution is 2.37. The van der Waals surface area contributed by atoms with E-state index in [2.05, 4.69) is 22.1 Å². The monoisotopic (exact) mass is 490 g/mol. The van der Waals surface area contributed by atoms with E-state index in [9.17, 15) is 9.59 Å². The summed E-state index contributed by atoms with van der Waals surface area (Å²) < 4.78 is 10.9. The molecule has 0 spiro atoms. The van der Waals surface area contributed by atoms with Gasteiger partial charge < -0.3 is 24.7 Å². The van der Waals surface area contributed by atoms with Gasteiger partial charge in [-0.15, -0.1) is 0 Å². The third kappa shape index (κ3) is 4.30. The van der Waals surface area contributed by atoms with Crippen molar-refractivity contribution in [3.05, 3.63) is 47.5 Å². The SMILES string of the molecule is CCc1c(-c2ccc(OC)c(OC)c2)[nH]c2ccc(C(=O)N3CC4CN(CC(=O)NC)CC4C3)cc12. The number of hydrogen-bond donors (Lipinski definition) is 2. The van der Waals surface area contributed by atoms with Crippen LogP contribution < -0.4 is 14.8 Å². The summed E-state index contributed by atoms with van der Waals surface area (Å²) in [5, 5.41) is 3.77. The van der Waals surface area contributed by atoms with E-state index in [4.69, 9.17) is 9.47 Å². The largest absolute Gasteiger partial charge is 0.493 e. The second kappa shape index (κ2) is 9.85. The van der Waals surface area contributed by atoms with E-state index in [0.29, 0.717) is 29.9 Å². The van der Waals surface area contributed by atoms with E-state index in [1.165, 1.54) is 5.56 Å². The number of nitrogens with one attached hydrogen (secondary N) is 2. The van der Waals surface area contributed by atoms with Gasteiger partial charge in [-0.3, -0.25) is 14.5 Å². The molecule has 2 N–H and O–H groups in total. The number of benzene rings is 2. The third-order valence-corrected chi connectivity index (χ3v) is 7.67. The van der Waals surface area contributed by atoms with Crippen molar-refractivity contribution < 1.29 is 19.1 Å². The lowest BCUT2D eigenvalue weighted by Gasteiger charge is -2.21. The molecule has 2 fully saturated rings. The molecule has 1 aromatic heterocycles. The summed E-state index contributed by atoms with van der Waals surface area (Å²) in [6.07, 6.45) is 0.830. The Morgan fingerprint density at radius 3 is 2.36 bits per heavy atom. The molecule has 0 aliphatic carbocycles. The van der Waals surface area contributed by atoms with E-state index in [1.807, 2.05) is 41.3 Å². The first-order chi connectivity index (χ1) is 17.4. The van der Waals surface area contributed by atoms with Crippen LogP contribution in [0.2, 0.25) is 0 Å². The van der Waals surface area contributed by atoms with Crippen molar-refractivity contribution in [2.24, 2.45) is 11.8 Å². The number of ether oxygens (including phenoxy) is 2. The molecule has 0 saturated carbocycles. The van der Waals surface area contributed by atoms with Gasteiger partial charge in [-0.2, -0.15) is 0 Å². The molecule has 2 unspecified atom stereocenters. The molecular formula is C28H34N4O4. The summed E-state index contributed by atoms with van der Waals surface area (Å²) >= 11 is 0. The second-order valence-electron chi connectivity index (χ2n) is 9.76. The number of H-pyrrole nitrogens is 1. The number of likely N-dealkylation sites (tertiary alicyclic amines) is 2. The molecule has 0 radical (unpaired) electrons. The molecule has 2 saturated heterocycles. The Morgan fingerprint density at radius 2 is 1.72 bits per heavy atom. The third-order valence-electron chi connectivity index (χ3n) is 7.67. The molecule has 3 aromatic rings. The van der Waals surface area contributed by atoms with Crippen molar-refractivity contribution in [3.8, 4) is 22.8 Å². The van der Waals surface area contributed by atoms with Crippen LogP contribution in [0.5, 0.6) is 11.5 Å². The molecule has 36 heavy (non-hydrogen) atoms. The van der Waals surface area contributed by atoms with Gasteiger partial charge in [0, 0.05) is 61.0 Å². The number of aromatic nitrogens is 1. The molecule has 2 aliphatic heterocycles. The fourth-order valence-electron chi connectivity index (χ4n) is 5.84. The van der Waals surface area contributed by atoms with Crippen LogP contribution in [-0.2, 0) is 11.2 Å². The van der Waals surface area contributed by atoms with E-state index in [0.717, 1.165) is 60.3 Å². The number of aryl methyl sites for hydroxylation is 1. The molecule has 8 heteroatoms. The highest BCUT2D eigenvalue weighted by Gasteiger charge is 2.42. The van der Waals surface area contributed by atoms with Crippen LogP contribution >= 0.6 is 0 Å². The number of carbonyl (C=O) groups excluding carboxylic acids is 2. The minimum atomic E-state index is 0.0434. The molecule has 2 aromatic carbocycles. The number of rotatable bonds is 7. The first-order valence-electron chi connectivity index (χ1n) is 12.5. The molecule has 2 amide bonds. The fourth-order valence-corrected chi connectivity index (χ4v) is 5.84. The Labute approximate surface area is 211 Å². The smallest absolute Gasteiger partial charge is 0.253 e. The number of nitrogens with zero attached hydrogens (tertiary/aromatic N) is 2. The highest BCUT2D eigenvalue weighted by molar-refractivity contribution is 6.00. The summed E-state index contributed by atoms with van der Waals surface area (Å²) in [7, 11) is 4.93. The molecule has 5 rings (SSSR count). The predicted molar refractivity (Wildman–Crippen MR) is 140 cm³/mol. The number of amides is 2.